The summed E-state index contributed by atoms with van der Waals surface area (Å²) in [6, 6.07) is 7.04. The number of fused-ring (bicyclic) bond motifs is 1. The van der Waals surface area contributed by atoms with E-state index in [1.807, 2.05) is 6.92 Å². The summed E-state index contributed by atoms with van der Waals surface area (Å²) in [5.74, 6) is -0.790. The van der Waals surface area contributed by atoms with Crippen molar-refractivity contribution in [3.8, 4) is 11.8 Å². The number of aryl methyl sites for hydroxylation is 1. The number of allylic oxidation sites excluding steroid dienone is 1. The van der Waals surface area contributed by atoms with Crippen LogP contribution in [0.2, 0.25) is 0 Å². The Morgan fingerprint density at radius 3 is 2.62 bits per heavy atom. The van der Waals surface area contributed by atoms with E-state index in [-0.39, 0.29) is 11.7 Å². The van der Waals surface area contributed by atoms with E-state index in [0.717, 1.165) is 5.56 Å². The third-order valence-electron chi connectivity index (χ3n) is 4.86. The first-order valence-corrected chi connectivity index (χ1v) is 9.27. The Morgan fingerprint density at radius 1 is 1.28 bits per heavy atom. The molecule has 1 unspecified atom stereocenters. The number of pyridine rings is 1. The van der Waals surface area contributed by atoms with Crippen LogP contribution in [-0.2, 0) is 9.53 Å². The second-order valence-corrected chi connectivity index (χ2v) is 7.21. The number of hydrogen-bond acceptors (Lipinski definition) is 6. The van der Waals surface area contributed by atoms with Gasteiger partial charge in [0.1, 0.15) is 5.75 Å². The molecule has 0 saturated carbocycles. The van der Waals surface area contributed by atoms with Crippen LogP contribution in [0.25, 0.3) is 0 Å². The predicted molar refractivity (Wildman–Crippen MR) is 109 cm³/mol. The van der Waals surface area contributed by atoms with E-state index in [1.54, 1.807) is 45.2 Å². The van der Waals surface area contributed by atoms with E-state index >= 15 is 0 Å². The third kappa shape index (κ3) is 3.61. The summed E-state index contributed by atoms with van der Waals surface area (Å²) in [5, 5.41) is 12.4. The van der Waals surface area contributed by atoms with Crippen LogP contribution in [0.3, 0.4) is 0 Å². The van der Waals surface area contributed by atoms with Gasteiger partial charge in [0.15, 0.2) is 0 Å². The predicted octanol–water partition coefficient (Wildman–Crippen LogP) is 3.35. The highest BCUT2D eigenvalue weighted by molar-refractivity contribution is 5.95. The van der Waals surface area contributed by atoms with Crippen molar-refractivity contribution in [1.82, 2.24) is 4.98 Å². The van der Waals surface area contributed by atoms with Gasteiger partial charge in [-0.25, -0.2) is 4.79 Å². The fraction of sp³-hybridized carbons (Fsp3) is 0.318. The lowest BCUT2D eigenvalue weighted by molar-refractivity contribution is -0.143. The van der Waals surface area contributed by atoms with E-state index in [1.165, 1.54) is 7.11 Å². The molecular formula is C22H23N3O4. The Morgan fingerprint density at radius 2 is 2.00 bits per heavy atom. The molecule has 3 rings (SSSR count). The molecule has 7 nitrogen and oxygen atoms in total. The summed E-state index contributed by atoms with van der Waals surface area (Å²) >= 11 is 0. The van der Waals surface area contributed by atoms with Crippen LogP contribution >= 0.6 is 0 Å². The van der Waals surface area contributed by atoms with Gasteiger partial charge >= 0.3 is 5.97 Å². The molecule has 2 N–H and O–H groups in total. The molecule has 0 spiro atoms. The number of rotatable bonds is 4. The summed E-state index contributed by atoms with van der Waals surface area (Å²) in [6.07, 6.45) is 1.31. The molecule has 0 bridgehead atoms. The number of hydrogen-bond donors (Lipinski definition) is 2. The summed E-state index contributed by atoms with van der Waals surface area (Å²) < 4.78 is 11.0. The maximum absolute atomic E-state index is 13.0. The van der Waals surface area contributed by atoms with Crippen molar-refractivity contribution in [1.29, 1.82) is 5.26 Å². The zero-order valence-corrected chi connectivity index (χ0v) is 17.0. The number of nitriles is 1. The quantitative estimate of drug-likeness (QED) is 0.772. The number of aromatic nitrogens is 1. The average molecular weight is 393 g/mol. The van der Waals surface area contributed by atoms with Crippen LogP contribution in [0.5, 0.6) is 5.75 Å². The largest absolute Gasteiger partial charge is 0.496 e. The molecule has 0 saturated heterocycles. The van der Waals surface area contributed by atoms with E-state index in [2.05, 4.69) is 16.4 Å². The number of aromatic amines is 1. The van der Waals surface area contributed by atoms with Gasteiger partial charge in [0.25, 0.3) is 5.56 Å². The lowest BCUT2D eigenvalue weighted by atomic mass is 9.80. The van der Waals surface area contributed by atoms with Crippen molar-refractivity contribution in [3.63, 3.8) is 0 Å². The Kier molecular flexibility index (Phi) is 5.46. The van der Waals surface area contributed by atoms with Crippen LogP contribution < -0.4 is 15.6 Å². The van der Waals surface area contributed by atoms with Gasteiger partial charge in [-0.2, -0.15) is 5.26 Å². The number of carbonyl (C=O) groups excluding carboxylic acids is 1. The molecule has 150 valence electrons. The molecule has 7 heteroatoms. The van der Waals surface area contributed by atoms with Crippen molar-refractivity contribution in [2.75, 3.05) is 12.4 Å². The summed E-state index contributed by atoms with van der Waals surface area (Å²) in [4.78, 5) is 28.6. The topological polar surface area (TPSA) is 104 Å². The number of esters is 1. The summed E-state index contributed by atoms with van der Waals surface area (Å²) in [6.45, 7) is 7.20. The van der Waals surface area contributed by atoms with E-state index < -0.39 is 11.9 Å². The smallest absolute Gasteiger partial charge is 0.337 e. The van der Waals surface area contributed by atoms with Crippen molar-refractivity contribution in [3.05, 3.63) is 68.3 Å². The molecule has 1 aromatic heterocycles. The monoisotopic (exact) mass is 393 g/mol. The Labute approximate surface area is 169 Å². The first-order chi connectivity index (χ1) is 13.8. The number of ether oxygens (including phenoxy) is 2. The second kappa shape index (κ2) is 7.84. The van der Waals surface area contributed by atoms with Gasteiger partial charge in [0, 0.05) is 17.5 Å². The molecule has 1 aliphatic heterocycles. The Balaban J connectivity index is 2.33. The van der Waals surface area contributed by atoms with Crippen molar-refractivity contribution < 1.29 is 14.3 Å². The lowest BCUT2D eigenvalue weighted by Gasteiger charge is -2.31. The number of H-pyrrole nitrogens is 1. The normalized spacial score (nSPS) is 15.4. The summed E-state index contributed by atoms with van der Waals surface area (Å²) in [7, 11) is 1.49. The number of anilines is 1. The minimum absolute atomic E-state index is 0.308. The number of nitrogens with zero attached hydrogens (tertiary/aromatic N) is 1. The number of benzene rings is 1. The van der Waals surface area contributed by atoms with E-state index in [9.17, 15) is 14.9 Å². The molecule has 0 radical (unpaired) electrons. The molecular weight excluding hydrogens is 370 g/mol. The average Bonchev–Trinajstić information content (AvgIpc) is 2.68. The van der Waals surface area contributed by atoms with Gasteiger partial charge in [0.05, 0.1) is 47.6 Å². The summed E-state index contributed by atoms with van der Waals surface area (Å²) in [5.41, 5.74) is 3.58. The highest BCUT2D eigenvalue weighted by Crippen LogP contribution is 2.44. The standard InChI is InChI=1S/C22H23N3O4/c1-11(2)29-22(27)17-13(4)25-20-12(3)10-24-21(26)19(20)18(17)15-7-6-14(9-23)8-16(15)28-5/h6-8,10-11,18,25H,1-5H3,(H,24,26). The Hall–Kier alpha value is -3.53. The Bertz CT molecular complexity index is 1110. The van der Waals surface area contributed by atoms with E-state index in [4.69, 9.17) is 9.47 Å². The maximum atomic E-state index is 13.0. The number of carbonyl (C=O) groups is 1. The van der Waals surface area contributed by atoms with Crippen LogP contribution in [0, 0.1) is 18.3 Å². The number of nitrogens with one attached hydrogen (secondary N) is 2. The van der Waals surface area contributed by atoms with Crippen LogP contribution in [0.4, 0.5) is 5.69 Å². The highest BCUT2D eigenvalue weighted by Gasteiger charge is 2.37. The minimum atomic E-state index is -0.705. The van der Waals surface area contributed by atoms with Crippen LogP contribution in [-0.4, -0.2) is 24.2 Å². The van der Waals surface area contributed by atoms with Gasteiger partial charge in [-0.1, -0.05) is 6.07 Å². The van der Waals surface area contributed by atoms with Gasteiger partial charge in [-0.15, -0.1) is 0 Å². The van der Waals surface area contributed by atoms with Crippen molar-refractivity contribution in [2.24, 2.45) is 0 Å². The molecule has 1 aliphatic rings. The first-order valence-electron chi connectivity index (χ1n) is 9.27. The fourth-order valence-electron chi connectivity index (χ4n) is 3.59. The van der Waals surface area contributed by atoms with Gasteiger partial charge in [-0.05, 0) is 45.4 Å². The van der Waals surface area contributed by atoms with Gasteiger partial charge in [-0.3, -0.25) is 4.79 Å². The maximum Gasteiger partial charge on any atom is 0.337 e. The molecule has 0 amide bonds. The van der Waals surface area contributed by atoms with Crippen LogP contribution in [0.15, 0.2) is 40.5 Å². The zero-order chi connectivity index (χ0) is 21.3. The van der Waals surface area contributed by atoms with Crippen LogP contribution in [0.1, 0.15) is 48.9 Å². The molecule has 29 heavy (non-hydrogen) atoms. The van der Waals surface area contributed by atoms with Crippen molar-refractivity contribution in [2.45, 2.75) is 39.7 Å². The SMILES string of the molecule is COc1cc(C#N)ccc1C1C(C(=O)OC(C)C)=C(C)Nc2c(C)c[nH]c(=O)c21. The lowest BCUT2D eigenvalue weighted by Crippen LogP contribution is -2.31. The molecule has 2 heterocycles. The number of methoxy groups -OCH3 is 1. The molecule has 1 aromatic carbocycles. The van der Waals surface area contributed by atoms with Gasteiger partial charge in [0.2, 0.25) is 0 Å². The first kappa shape index (κ1) is 20.2. The molecule has 0 fully saturated rings. The minimum Gasteiger partial charge on any atom is -0.496 e. The van der Waals surface area contributed by atoms with Crippen molar-refractivity contribution >= 4 is 11.7 Å². The second-order valence-electron chi connectivity index (χ2n) is 7.21. The third-order valence-corrected chi connectivity index (χ3v) is 4.86. The molecule has 2 aromatic rings. The highest BCUT2D eigenvalue weighted by atomic mass is 16.5. The van der Waals surface area contributed by atoms with Gasteiger partial charge < -0.3 is 19.8 Å². The molecule has 0 aliphatic carbocycles. The fourth-order valence-corrected chi connectivity index (χ4v) is 3.59. The van der Waals surface area contributed by atoms with E-state index in [0.29, 0.717) is 39.4 Å². The zero-order valence-electron chi connectivity index (χ0n) is 17.0. The molecule has 1 atom stereocenters.